The second-order valence-corrected chi connectivity index (χ2v) is 5.32. The Bertz CT molecular complexity index is 500. The van der Waals surface area contributed by atoms with E-state index in [1.807, 2.05) is 13.8 Å². The summed E-state index contributed by atoms with van der Waals surface area (Å²) in [5, 5.41) is 11.6. The van der Waals surface area contributed by atoms with E-state index >= 15 is 0 Å². The molecule has 116 valence electrons. The van der Waals surface area contributed by atoms with Crippen LogP contribution in [0.5, 0.6) is 0 Å². The van der Waals surface area contributed by atoms with E-state index < -0.39 is 5.97 Å². The predicted octanol–water partition coefficient (Wildman–Crippen LogP) is 2.59. The zero-order valence-electron chi connectivity index (χ0n) is 12.7. The zero-order chi connectivity index (χ0) is 15.8. The molecule has 1 aromatic carbocycles. The van der Waals surface area contributed by atoms with Gasteiger partial charge in [0, 0.05) is 24.2 Å². The number of aliphatic carboxylic acids is 1. The fraction of sp³-hybridized carbons (Fsp3) is 0.500. The molecule has 1 atom stereocenters. The Labute approximate surface area is 125 Å². The van der Waals surface area contributed by atoms with Crippen LogP contribution in [0.3, 0.4) is 0 Å². The van der Waals surface area contributed by atoms with Gasteiger partial charge in [0.25, 0.3) is 5.91 Å². The Balaban J connectivity index is 2.41. The largest absolute Gasteiger partial charge is 0.481 e. The van der Waals surface area contributed by atoms with Crippen molar-refractivity contribution >= 4 is 17.6 Å². The molecule has 0 fully saturated rings. The number of anilines is 1. The maximum absolute atomic E-state index is 12.0. The lowest BCUT2D eigenvalue weighted by Crippen LogP contribution is -2.26. The summed E-state index contributed by atoms with van der Waals surface area (Å²) in [7, 11) is 0. The summed E-state index contributed by atoms with van der Waals surface area (Å²) >= 11 is 0. The lowest BCUT2D eigenvalue weighted by Gasteiger charge is -2.14. The molecule has 0 saturated carbocycles. The summed E-state index contributed by atoms with van der Waals surface area (Å²) in [6, 6.07) is 5.21. The minimum Gasteiger partial charge on any atom is -0.481 e. The number of hydrogen-bond acceptors (Lipinski definition) is 3. The zero-order valence-corrected chi connectivity index (χ0v) is 12.7. The minimum absolute atomic E-state index is 0.119. The number of nitrogen functional groups attached to an aromatic ring is 1. The average molecular weight is 292 g/mol. The van der Waals surface area contributed by atoms with E-state index in [4.69, 9.17) is 10.8 Å². The van der Waals surface area contributed by atoms with E-state index in [1.165, 1.54) is 0 Å². The van der Waals surface area contributed by atoms with E-state index in [2.05, 4.69) is 5.32 Å². The molecule has 0 aliphatic carbocycles. The number of rotatable bonds is 8. The lowest BCUT2D eigenvalue weighted by atomic mass is 9.96. The molecule has 0 bridgehead atoms. The van der Waals surface area contributed by atoms with Crippen molar-refractivity contribution in [2.45, 2.75) is 39.5 Å². The number of benzene rings is 1. The summed E-state index contributed by atoms with van der Waals surface area (Å²) in [6.45, 7) is 4.46. The highest BCUT2D eigenvalue weighted by molar-refractivity contribution is 5.94. The first-order valence-electron chi connectivity index (χ1n) is 7.30. The highest BCUT2D eigenvalue weighted by Gasteiger charge is 2.11. The second kappa shape index (κ2) is 8.29. The quantitative estimate of drug-likeness (QED) is 0.642. The van der Waals surface area contributed by atoms with Gasteiger partial charge in [0.1, 0.15) is 0 Å². The summed E-state index contributed by atoms with van der Waals surface area (Å²) in [5.41, 5.74) is 7.88. The first kappa shape index (κ1) is 17.0. The molecule has 21 heavy (non-hydrogen) atoms. The van der Waals surface area contributed by atoms with Crippen LogP contribution in [0.25, 0.3) is 0 Å². The highest BCUT2D eigenvalue weighted by atomic mass is 16.4. The van der Waals surface area contributed by atoms with E-state index in [0.29, 0.717) is 30.1 Å². The molecule has 0 spiro atoms. The fourth-order valence-corrected chi connectivity index (χ4v) is 2.19. The molecule has 1 unspecified atom stereocenters. The molecule has 0 radical (unpaired) electrons. The number of carboxylic acids is 1. The molecule has 1 amide bonds. The summed E-state index contributed by atoms with van der Waals surface area (Å²) in [5.74, 6) is -0.560. The van der Waals surface area contributed by atoms with Crippen LogP contribution in [0.4, 0.5) is 5.69 Å². The van der Waals surface area contributed by atoms with Crippen LogP contribution in [0.1, 0.15) is 48.5 Å². The number of amides is 1. The standard InChI is InChI=1S/C16H24N2O3/c1-3-12(4-7-15(19)20)8-9-18-16(21)13-5-6-14(17)11(2)10-13/h5-6,10,12H,3-4,7-9,17H2,1-2H3,(H,18,21)(H,19,20). The molecule has 0 aromatic heterocycles. The van der Waals surface area contributed by atoms with E-state index in [-0.39, 0.29) is 12.3 Å². The molecule has 0 heterocycles. The summed E-state index contributed by atoms with van der Waals surface area (Å²) in [4.78, 5) is 22.6. The van der Waals surface area contributed by atoms with Gasteiger partial charge in [0.2, 0.25) is 0 Å². The number of aryl methyl sites for hydroxylation is 1. The van der Waals surface area contributed by atoms with E-state index in [9.17, 15) is 9.59 Å². The second-order valence-electron chi connectivity index (χ2n) is 5.32. The first-order valence-corrected chi connectivity index (χ1v) is 7.30. The summed E-state index contributed by atoms with van der Waals surface area (Å²) in [6.07, 6.45) is 2.56. The Morgan fingerprint density at radius 3 is 2.62 bits per heavy atom. The van der Waals surface area contributed by atoms with Gasteiger partial charge in [-0.25, -0.2) is 0 Å². The van der Waals surface area contributed by atoms with E-state index in [1.54, 1.807) is 18.2 Å². The smallest absolute Gasteiger partial charge is 0.303 e. The number of carboxylic acid groups (broad SMARTS) is 1. The van der Waals surface area contributed by atoms with Crippen molar-refractivity contribution in [1.29, 1.82) is 0 Å². The van der Waals surface area contributed by atoms with Crippen LogP contribution in [0.15, 0.2) is 18.2 Å². The van der Waals surface area contributed by atoms with Crippen LogP contribution in [-0.2, 0) is 4.79 Å². The van der Waals surface area contributed by atoms with Crippen molar-refractivity contribution in [2.75, 3.05) is 12.3 Å². The monoisotopic (exact) mass is 292 g/mol. The van der Waals surface area contributed by atoms with Gasteiger partial charge < -0.3 is 16.2 Å². The van der Waals surface area contributed by atoms with Gasteiger partial charge in [-0.3, -0.25) is 9.59 Å². The molecule has 1 rings (SSSR count). The lowest BCUT2D eigenvalue weighted by molar-refractivity contribution is -0.137. The molecule has 0 aliphatic rings. The van der Waals surface area contributed by atoms with Crippen LogP contribution in [0, 0.1) is 12.8 Å². The number of carbonyl (C=O) groups is 2. The third-order valence-electron chi connectivity index (χ3n) is 3.71. The van der Waals surface area contributed by atoms with Gasteiger partial charge in [-0.2, -0.15) is 0 Å². The number of nitrogens with two attached hydrogens (primary N) is 1. The highest BCUT2D eigenvalue weighted by Crippen LogP contribution is 2.15. The third-order valence-corrected chi connectivity index (χ3v) is 3.71. The average Bonchev–Trinajstić information content (AvgIpc) is 2.45. The van der Waals surface area contributed by atoms with Gasteiger partial charge in [0.05, 0.1) is 0 Å². The van der Waals surface area contributed by atoms with Crippen molar-refractivity contribution in [3.8, 4) is 0 Å². The van der Waals surface area contributed by atoms with E-state index in [0.717, 1.165) is 18.4 Å². The maximum Gasteiger partial charge on any atom is 0.303 e. The van der Waals surface area contributed by atoms with Crippen LogP contribution < -0.4 is 11.1 Å². The normalized spacial score (nSPS) is 11.9. The van der Waals surface area contributed by atoms with Crippen LogP contribution in [0.2, 0.25) is 0 Å². The first-order chi connectivity index (χ1) is 9.93. The van der Waals surface area contributed by atoms with Gasteiger partial charge in [-0.05, 0) is 49.4 Å². The van der Waals surface area contributed by atoms with Gasteiger partial charge in [-0.1, -0.05) is 13.3 Å². The Morgan fingerprint density at radius 2 is 2.05 bits per heavy atom. The molecule has 5 nitrogen and oxygen atoms in total. The molecule has 4 N–H and O–H groups in total. The van der Waals surface area contributed by atoms with Crippen molar-refractivity contribution in [1.82, 2.24) is 5.32 Å². The third kappa shape index (κ3) is 5.85. The van der Waals surface area contributed by atoms with Gasteiger partial charge in [0.15, 0.2) is 0 Å². The number of carbonyl (C=O) groups excluding carboxylic acids is 1. The SMILES string of the molecule is CCC(CCNC(=O)c1ccc(N)c(C)c1)CCC(=O)O. The molecule has 1 aromatic rings. The van der Waals surface area contributed by atoms with Gasteiger partial charge >= 0.3 is 5.97 Å². The number of nitrogens with one attached hydrogen (secondary N) is 1. The maximum atomic E-state index is 12.0. The van der Waals surface area contributed by atoms with Crippen molar-refractivity contribution in [3.05, 3.63) is 29.3 Å². The Morgan fingerprint density at radius 1 is 1.33 bits per heavy atom. The van der Waals surface area contributed by atoms with Crippen molar-refractivity contribution < 1.29 is 14.7 Å². The Kier molecular flexibility index (Phi) is 6.72. The predicted molar refractivity (Wildman–Crippen MR) is 83.2 cm³/mol. The van der Waals surface area contributed by atoms with Gasteiger partial charge in [-0.15, -0.1) is 0 Å². The summed E-state index contributed by atoms with van der Waals surface area (Å²) < 4.78 is 0. The van der Waals surface area contributed by atoms with Crippen molar-refractivity contribution in [3.63, 3.8) is 0 Å². The molecule has 0 saturated heterocycles. The molecule has 5 heteroatoms. The molecule has 0 aliphatic heterocycles. The molecular formula is C16H24N2O3. The topological polar surface area (TPSA) is 92.4 Å². The van der Waals surface area contributed by atoms with Crippen LogP contribution >= 0.6 is 0 Å². The van der Waals surface area contributed by atoms with Crippen LogP contribution in [-0.4, -0.2) is 23.5 Å². The minimum atomic E-state index is -0.769. The Hall–Kier alpha value is -2.04. The van der Waals surface area contributed by atoms with Crippen molar-refractivity contribution in [2.24, 2.45) is 5.92 Å². The fourth-order valence-electron chi connectivity index (χ4n) is 2.19. The molecular weight excluding hydrogens is 268 g/mol. The number of hydrogen-bond donors (Lipinski definition) is 3.